The Morgan fingerprint density at radius 2 is 2.00 bits per heavy atom. The molecule has 1 aromatic carbocycles. The highest BCUT2D eigenvalue weighted by Gasteiger charge is 2.11. The Labute approximate surface area is 166 Å². The molecule has 0 fully saturated rings. The molecule has 7 heteroatoms. The van der Waals surface area contributed by atoms with Crippen LogP contribution in [0.2, 0.25) is 0 Å². The van der Waals surface area contributed by atoms with Crippen molar-refractivity contribution in [2.75, 3.05) is 0 Å². The molecular formula is C22H19N3O4. The fourth-order valence-corrected chi connectivity index (χ4v) is 2.93. The molecule has 0 aliphatic heterocycles. The summed E-state index contributed by atoms with van der Waals surface area (Å²) >= 11 is 0. The van der Waals surface area contributed by atoms with Gasteiger partial charge in [0.2, 0.25) is 0 Å². The summed E-state index contributed by atoms with van der Waals surface area (Å²) < 4.78 is 12.4. The predicted octanol–water partition coefficient (Wildman–Crippen LogP) is 3.33. The molecule has 146 valence electrons. The van der Waals surface area contributed by atoms with Crippen molar-refractivity contribution in [2.24, 2.45) is 0 Å². The van der Waals surface area contributed by atoms with Crippen molar-refractivity contribution in [3.63, 3.8) is 0 Å². The van der Waals surface area contributed by atoms with Crippen molar-refractivity contribution in [2.45, 2.75) is 26.4 Å². The number of aryl methyl sites for hydroxylation is 2. The highest BCUT2D eigenvalue weighted by Crippen LogP contribution is 2.20. The molecule has 0 unspecified atom stereocenters. The first kappa shape index (κ1) is 18.6. The number of pyridine rings is 1. The van der Waals surface area contributed by atoms with E-state index in [1.54, 1.807) is 18.5 Å². The maximum absolute atomic E-state index is 12.2. The summed E-state index contributed by atoms with van der Waals surface area (Å²) in [5.41, 5.74) is 2.61. The van der Waals surface area contributed by atoms with Crippen LogP contribution in [0.25, 0.3) is 17.0 Å². The number of hydrogen-bond donors (Lipinski definition) is 0. The van der Waals surface area contributed by atoms with Crippen molar-refractivity contribution in [3.05, 3.63) is 88.4 Å². The van der Waals surface area contributed by atoms with Gasteiger partial charge in [0.1, 0.15) is 12.3 Å². The molecule has 0 amide bonds. The van der Waals surface area contributed by atoms with E-state index in [0.717, 1.165) is 11.1 Å². The summed E-state index contributed by atoms with van der Waals surface area (Å²) in [5.74, 6) is 0.721. The molecule has 0 radical (unpaired) electrons. The molecule has 0 aliphatic carbocycles. The van der Waals surface area contributed by atoms with Crippen LogP contribution in [0.5, 0.6) is 0 Å². The molecule has 0 atom stereocenters. The van der Waals surface area contributed by atoms with E-state index >= 15 is 0 Å². The van der Waals surface area contributed by atoms with E-state index in [-0.39, 0.29) is 18.6 Å². The number of rotatable bonds is 6. The molecule has 0 spiro atoms. The number of fused-ring (bicyclic) bond motifs is 1. The normalized spacial score (nSPS) is 10.9. The molecular weight excluding hydrogens is 370 g/mol. The monoisotopic (exact) mass is 389 g/mol. The first-order chi connectivity index (χ1) is 14.1. The van der Waals surface area contributed by atoms with Crippen molar-refractivity contribution in [3.8, 4) is 11.3 Å². The average Bonchev–Trinajstić information content (AvgIpc) is 3.21. The Kier molecular flexibility index (Phi) is 5.20. The molecule has 3 aromatic heterocycles. The van der Waals surface area contributed by atoms with Crippen LogP contribution in [0.1, 0.15) is 23.6 Å². The van der Waals surface area contributed by atoms with E-state index in [9.17, 15) is 9.59 Å². The smallest absolute Gasteiger partial charge is 0.306 e. The van der Waals surface area contributed by atoms with Gasteiger partial charge in [-0.3, -0.25) is 14.0 Å². The molecule has 0 aliphatic rings. The molecule has 0 saturated carbocycles. The Bertz CT molecular complexity index is 1210. The number of nitrogens with zero attached hydrogens (tertiary/aromatic N) is 3. The first-order valence-corrected chi connectivity index (χ1v) is 9.23. The fourth-order valence-electron chi connectivity index (χ4n) is 2.93. The molecule has 0 bridgehead atoms. The van der Waals surface area contributed by atoms with E-state index < -0.39 is 5.97 Å². The van der Waals surface area contributed by atoms with Gasteiger partial charge in [-0.1, -0.05) is 36.4 Å². The minimum absolute atomic E-state index is 0.0563. The van der Waals surface area contributed by atoms with Crippen LogP contribution in [0.4, 0.5) is 0 Å². The lowest BCUT2D eigenvalue weighted by molar-refractivity contribution is -0.145. The van der Waals surface area contributed by atoms with Gasteiger partial charge < -0.3 is 9.15 Å². The Morgan fingerprint density at radius 3 is 2.83 bits per heavy atom. The van der Waals surface area contributed by atoms with Gasteiger partial charge in [0.05, 0.1) is 18.3 Å². The molecule has 0 saturated heterocycles. The summed E-state index contributed by atoms with van der Waals surface area (Å²) in [4.78, 5) is 32.8. The second-order valence-corrected chi connectivity index (χ2v) is 6.67. The molecule has 3 heterocycles. The minimum atomic E-state index is -0.407. The number of carbonyl (C=O) groups is 1. The standard InChI is InChI=1S/C22H19N3O4/c1-15-7-8-19-24-17(11-21(26)25(19)13-15)14-28-22(27)10-9-20-23-12-18(29-20)16-5-3-2-4-6-16/h2-8,11-13H,9-10,14H2,1H3. The van der Waals surface area contributed by atoms with E-state index in [1.165, 1.54) is 10.5 Å². The van der Waals surface area contributed by atoms with Gasteiger partial charge in [-0.15, -0.1) is 0 Å². The molecule has 0 N–H and O–H groups in total. The summed E-state index contributed by atoms with van der Waals surface area (Å²) in [6.45, 7) is 1.84. The molecule has 4 aromatic rings. The Hall–Kier alpha value is -3.74. The summed E-state index contributed by atoms with van der Waals surface area (Å²) in [7, 11) is 0. The van der Waals surface area contributed by atoms with Crippen molar-refractivity contribution >= 4 is 11.6 Å². The van der Waals surface area contributed by atoms with Crippen LogP contribution >= 0.6 is 0 Å². The van der Waals surface area contributed by atoms with Gasteiger partial charge in [0.25, 0.3) is 5.56 Å². The number of oxazole rings is 1. The van der Waals surface area contributed by atoms with Crippen LogP contribution in [0.15, 0.2) is 70.1 Å². The summed E-state index contributed by atoms with van der Waals surface area (Å²) in [6.07, 6.45) is 3.82. The van der Waals surface area contributed by atoms with E-state index in [4.69, 9.17) is 9.15 Å². The predicted molar refractivity (Wildman–Crippen MR) is 106 cm³/mol. The Morgan fingerprint density at radius 1 is 1.17 bits per heavy atom. The lowest BCUT2D eigenvalue weighted by atomic mass is 10.2. The number of carbonyl (C=O) groups excluding carboxylic acids is 1. The van der Waals surface area contributed by atoms with Crippen LogP contribution in [0, 0.1) is 6.92 Å². The first-order valence-electron chi connectivity index (χ1n) is 9.23. The molecule has 29 heavy (non-hydrogen) atoms. The van der Waals surface area contributed by atoms with E-state index in [0.29, 0.717) is 29.4 Å². The van der Waals surface area contributed by atoms with Gasteiger partial charge in [-0.2, -0.15) is 0 Å². The second kappa shape index (κ2) is 8.10. The highest BCUT2D eigenvalue weighted by atomic mass is 16.5. The van der Waals surface area contributed by atoms with Gasteiger partial charge in [0.15, 0.2) is 11.7 Å². The fraction of sp³-hybridized carbons (Fsp3) is 0.182. The minimum Gasteiger partial charge on any atom is -0.459 e. The quantitative estimate of drug-likeness (QED) is 0.470. The van der Waals surface area contributed by atoms with Gasteiger partial charge >= 0.3 is 5.97 Å². The summed E-state index contributed by atoms with van der Waals surface area (Å²) in [6, 6.07) is 14.6. The third kappa shape index (κ3) is 4.40. The maximum atomic E-state index is 12.2. The maximum Gasteiger partial charge on any atom is 0.306 e. The number of esters is 1. The van der Waals surface area contributed by atoms with Crippen molar-refractivity contribution < 1.29 is 13.9 Å². The third-order valence-electron chi connectivity index (χ3n) is 4.40. The summed E-state index contributed by atoms with van der Waals surface area (Å²) in [5, 5.41) is 0. The largest absolute Gasteiger partial charge is 0.459 e. The van der Waals surface area contributed by atoms with Gasteiger partial charge in [-0.05, 0) is 18.6 Å². The van der Waals surface area contributed by atoms with Crippen LogP contribution in [-0.4, -0.2) is 20.3 Å². The number of aromatic nitrogens is 3. The van der Waals surface area contributed by atoms with Gasteiger partial charge in [0, 0.05) is 24.2 Å². The van der Waals surface area contributed by atoms with Crippen LogP contribution in [0.3, 0.4) is 0 Å². The topological polar surface area (TPSA) is 86.7 Å². The van der Waals surface area contributed by atoms with Crippen LogP contribution < -0.4 is 5.56 Å². The van der Waals surface area contributed by atoms with Crippen molar-refractivity contribution in [1.82, 2.24) is 14.4 Å². The zero-order chi connectivity index (χ0) is 20.2. The van der Waals surface area contributed by atoms with Crippen molar-refractivity contribution in [1.29, 1.82) is 0 Å². The van der Waals surface area contributed by atoms with E-state index in [1.807, 2.05) is 43.3 Å². The number of benzene rings is 1. The highest BCUT2D eigenvalue weighted by molar-refractivity contribution is 5.69. The SMILES string of the molecule is Cc1ccc2nc(COC(=O)CCc3ncc(-c4ccccc4)o3)cc(=O)n2c1. The number of ether oxygens (including phenoxy) is 1. The Balaban J connectivity index is 1.34. The molecule has 4 rings (SSSR count). The van der Waals surface area contributed by atoms with Crippen LogP contribution in [-0.2, 0) is 22.6 Å². The lowest BCUT2D eigenvalue weighted by Crippen LogP contribution is -2.17. The zero-order valence-corrected chi connectivity index (χ0v) is 15.9. The third-order valence-corrected chi connectivity index (χ3v) is 4.40. The number of hydrogen-bond acceptors (Lipinski definition) is 6. The second-order valence-electron chi connectivity index (χ2n) is 6.67. The lowest BCUT2D eigenvalue weighted by Gasteiger charge is -2.06. The average molecular weight is 389 g/mol. The van der Waals surface area contributed by atoms with E-state index in [2.05, 4.69) is 9.97 Å². The molecule has 7 nitrogen and oxygen atoms in total. The zero-order valence-electron chi connectivity index (χ0n) is 15.9. The van der Waals surface area contributed by atoms with Gasteiger partial charge in [-0.25, -0.2) is 9.97 Å².